The molecule has 0 fully saturated rings. The molecule has 4 rings (SSSR count). The van der Waals surface area contributed by atoms with E-state index in [0.29, 0.717) is 29.6 Å². The van der Waals surface area contributed by atoms with Gasteiger partial charge in [-0.25, -0.2) is 4.79 Å². The van der Waals surface area contributed by atoms with E-state index >= 15 is 0 Å². The standard InChI is InChI=1S/C17H17ClN2O4/c1-17(2,3)24-16(21)20-6-9-5-19-12-4-11(18)14-15(23-8-22-14)13(12)10(9)7-20/h4-5H,6-8H2,1-3H3. The molecule has 24 heavy (non-hydrogen) atoms. The van der Waals surface area contributed by atoms with Crippen LogP contribution in [0.4, 0.5) is 4.79 Å². The Kier molecular flexibility index (Phi) is 3.28. The molecule has 6 nitrogen and oxygen atoms in total. The third kappa shape index (κ3) is 2.41. The van der Waals surface area contributed by atoms with E-state index in [1.165, 1.54) is 0 Å². The molecule has 0 unspecified atom stereocenters. The zero-order valence-electron chi connectivity index (χ0n) is 13.7. The van der Waals surface area contributed by atoms with E-state index in [1.54, 1.807) is 17.2 Å². The number of carbonyl (C=O) groups is 1. The summed E-state index contributed by atoms with van der Waals surface area (Å²) in [6.07, 6.45) is 1.44. The number of rotatable bonds is 0. The lowest BCUT2D eigenvalue weighted by atomic mass is 10.0. The van der Waals surface area contributed by atoms with Crippen molar-refractivity contribution in [3.63, 3.8) is 0 Å². The second-order valence-corrected chi connectivity index (χ2v) is 7.32. The predicted molar refractivity (Wildman–Crippen MR) is 88.4 cm³/mol. The molecule has 0 saturated heterocycles. The molecular weight excluding hydrogens is 332 g/mol. The average molecular weight is 349 g/mol. The molecule has 0 spiro atoms. The Balaban J connectivity index is 1.76. The molecule has 0 saturated carbocycles. The number of hydrogen-bond acceptors (Lipinski definition) is 5. The summed E-state index contributed by atoms with van der Waals surface area (Å²) in [5, 5.41) is 1.33. The van der Waals surface area contributed by atoms with Crippen LogP contribution in [0.5, 0.6) is 11.5 Å². The van der Waals surface area contributed by atoms with E-state index in [4.69, 9.17) is 25.8 Å². The number of carbonyl (C=O) groups excluding carboxylic acids is 1. The topological polar surface area (TPSA) is 60.9 Å². The van der Waals surface area contributed by atoms with Crippen molar-refractivity contribution in [2.24, 2.45) is 0 Å². The Hall–Kier alpha value is -2.21. The van der Waals surface area contributed by atoms with Crippen LogP contribution in [0.25, 0.3) is 10.9 Å². The third-order valence-electron chi connectivity index (χ3n) is 3.99. The maximum absolute atomic E-state index is 12.4. The van der Waals surface area contributed by atoms with Gasteiger partial charge in [0.2, 0.25) is 6.79 Å². The smallest absolute Gasteiger partial charge is 0.410 e. The SMILES string of the molecule is CC(C)(C)OC(=O)N1Cc2cnc3cc(Cl)c4c(c3c2C1)OCO4. The Bertz CT molecular complexity index is 860. The lowest BCUT2D eigenvalue weighted by Gasteiger charge is -2.24. The number of halogens is 1. The highest BCUT2D eigenvalue weighted by Crippen LogP contribution is 2.47. The van der Waals surface area contributed by atoms with Crippen molar-refractivity contribution in [2.45, 2.75) is 39.5 Å². The zero-order valence-corrected chi connectivity index (χ0v) is 14.4. The van der Waals surface area contributed by atoms with Crippen molar-refractivity contribution in [3.8, 4) is 11.5 Å². The second kappa shape index (κ2) is 5.14. The number of aromatic nitrogens is 1. The van der Waals surface area contributed by atoms with Crippen LogP contribution in [-0.4, -0.2) is 28.4 Å². The average Bonchev–Trinajstić information content (AvgIpc) is 3.12. The molecule has 126 valence electrons. The molecule has 2 aliphatic heterocycles. The second-order valence-electron chi connectivity index (χ2n) is 6.92. The van der Waals surface area contributed by atoms with Gasteiger partial charge in [-0.15, -0.1) is 0 Å². The highest BCUT2D eigenvalue weighted by atomic mass is 35.5. The highest BCUT2D eigenvalue weighted by Gasteiger charge is 2.32. The first-order chi connectivity index (χ1) is 11.3. The molecule has 0 N–H and O–H groups in total. The number of nitrogens with zero attached hydrogens (tertiary/aromatic N) is 2. The van der Waals surface area contributed by atoms with E-state index in [0.717, 1.165) is 22.0 Å². The summed E-state index contributed by atoms with van der Waals surface area (Å²) in [6, 6.07) is 1.76. The Morgan fingerprint density at radius 1 is 1.29 bits per heavy atom. The molecule has 0 bridgehead atoms. The van der Waals surface area contributed by atoms with Gasteiger partial charge in [-0.3, -0.25) is 9.88 Å². The molecule has 0 aliphatic carbocycles. The van der Waals surface area contributed by atoms with Crippen LogP contribution in [0.3, 0.4) is 0 Å². The molecule has 2 aromatic rings. The van der Waals surface area contributed by atoms with E-state index in [9.17, 15) is 4.79 Å². The minimum absolute atomic E-state index is 0.133. The van der Waals surface area contributed by atoms with Crippen LogP contribution < -0.4 is 9.47 Å². The van der Waals surface area contributed by atoms with Crippen molar-refractivity contribution in [1.82, 2.24) is 9.88 Å². The monoisotopic (exact) mass is 348 g/mol. The van der Waals surface area contributed by atoms with E-state index < -0.39 is 5.60 Å². The van der Waals surface area contributed by atoms with Gasteiger partial charge in [-0.1, -0.05) is 11.6 Å². The van der Waals surface area contributed by atoms with Gasteiger partial charge < -0.3 is 14.2 Å². The molecule has 7 heteroatoms. The maximum Gasteiger partial charge on any atom is 0.410 e. The number of pyridine rings is 1. The molecule has 0 atom stereocenters. The first-order valence-electron chi connectivity index (χ1n) is 7.70. The molecule has 1 amide bonds. The minimum atomic E-state index is -0.530. The summed E-state index contributed by atoms with van der Waals surface area (Å²) in [5.41, 5.74) is 2.18. The van der Waals surface area contributed by atoms with Crippen molar-refractivity contribution < 1.29 is 19.0 Å². The molecule has 3 heterocycles. The number of fused-ring (bicyclic) bond motifs is 5. The van der Waals surface area contributed by atoms with Crippen LogP contribution >= 0.6 is 11.6 Å². The number of ether oxygens (including phenoxy) is 3. The normalized spacial score (nSPS) is 15.8. The van der Waals surface area contributed by atoms with Crippen molar-refractivity contribution in [1.29, 1.82) is 0 Å². The summed E-state index contributed by atoms with van der Waals surface area (Å²) in [4.78, 5) is 18.5. The third-order valence-corrected chi connectivity index (χ3v) is 4.27. The summed E-state index contributed by atoms with van der Waals surface area (Å²) in [5.74, 6) is 1.14. The fourth-order valence-corrected chi connectivity index (χ4v) is 3.26. The van der Waals surface area contributed by atoms with Gasteiger partial charge in [-0.2, -0.15) is 0 Å². The van der Waals surface area contributed by atoms with Crippen molar-refractivity contribution in [2.75, 3.05) is 6.79 Å². The lowest BCUT2D eigenvalue weighted by molar-refractivity contribution is 0.0242. The Morgan fingerprint density at radius 2 is 2.04 bits per heavy atom. The Morgan fingerprint density at radius 3 is 2.79 bits per heavy atom. The van der Waals surface area contributed by atoms with Gasteiger partial charge in [0.25, 0.3) is 0 Å². The van der Waals surface area contributed by atoms with Crippen LogP contribution in [0, 0.1) is 0 Å². The molecular formula is C17H17ClN2O4. The maximum atomic E-state index is 12.4. The number of benzene rings is 1. The first kappa shape index (κ1) is 15.3. The van der Waals surface area contributed by atoms with E-state index in [1.807, 2.05) is 20.8 Å². The van der Waals surface area contributed by atoms with Gasteiger partial charge in [0.05, 0.1) is 29.0 Å². The summed E-state index contributed by atoms with van der Waals surface area (Å²) < 4.78 is 16.5. The van der Waals surface area contributed by atoms with Crippen LogP contribution in [0.2, 0.25) is 5.02 Å². The molecule has 1 aromatic heterocycles. The lowest BCUT2D eigenvalue weighted by Crippen LogP contribution is -2.33. The molecule has 2 aliphatic rings. The Labute approximate surface area is 144 Å². The fourth-order valence-electron chi connectivity index (χ4n) is 3.02. The minimum Gasteiger partial charge on any atom is -0.453 e. The van der Waals surface area contributed by atoms with Gasteiger partial charge >= 0.3 is 6.09 Å². The highest BCUT2D eigenvalue weighted by molar-refractivity contribution is 6.33. The predicted octanol–water partition coefficient (Wildman–Crippen LogP) is 3.87. The van der Waals surface area contributed by atoms with Gasteiger partial charge in [0.1, 0.15) is 5.60 Å². The fraction of sp³-hybridized carbons (Fsp3) is 0.412. The van der Waals surface area contributed by atoms with Crippen molar-refractivity contribution >= 4 is 28.6 Å². The van der Waals surface area contributed by atoms with E-state index in [-0.39, 0.29) is 12.9 Å². The summed E-state index contributed by atoms with van der Waals surface area (Å²) in [6.45, 7) is 6.60. The van der Waals surface area contributed by atoms with Gasteiger partial charge in [0, 0.05) is 6.20 Å². The zero-order chi connectivity index (χ0) is 17.1. The number of hydrogen-bond donors (Lipinski definition) is 0. The molecule has 0 radical (unpaired) electrons. The van der Waals surface area contributed by atoms with E-state index in [2.05, 4.69) is 4.98 Å². The first-order valence-corrected chi connectivity index (χ1v) is 8.08. The van der Waals surface area contributed by atoms with Gasteiger partial charge in [-0.05, 0) is 38.0 Å². The van der Waals surface area contributed by atoms with Crippen LogP contribution in [0.1, 0.15) is 31.9 Å². The quantitative estimate of drug-likeness (QED) is 0.723. The summed E-state index contributed by atoms with van der Waals surface area (Å²) in [7, 11) is 0. The van der Waals surface area contributed by atoms with Crippen LogP contribution in [0.15, 0.2) is 12.3 Å². The largest absolute Gasteiger partial charge is 0.453 e. The van der Waals surface area contributed by atoms with Crippen LogP contribution in [-0.2, 0) is 17.8 Å². The van der Waals surface area contributed by atoms with Crippen molar-refractivity contribution in [3.05, 3.63) is 28.4 Å². The summed E-state index contributed by atoms with van der Waals surface area (Å²) >= 11 is 6.22. The van der Waals surface area contributed by atoms with Gasteiger partial charge in [0.15, 0.2) is 11.5 Å². The molecule has 1 aromatic carbocycles. The number of amides is 1.